The molecule has 4 heteroatoms. The number of hydrogen-bond acceptors (Lipinski definition) is 3. The zero-order valence-electron chi connectivity index (χ0n) is 11.0. The Balaban J connectivity index is 2.23. The summed E-state index contributed by atoms with van der Waals surface area (Å²) in [6.45, 7) is 0.289. The van der Waals surface area contributed by atoms with Crippen LogP contribution in [0.1, 0.15) is 10.4 Å². The summed E-state index contributed by atoms with van der Waals surface area (Å²) in [5.74, 6) is 1.23. The van der Waals surface area contributed by atoms with Gasteiger partial charge >= 0.3 is 0 Å². The molecule has 0 fully saturated rings. The number of aromatic nitrogens is 1. The lowest BCUT2D eigenvalue weighted by atomic mass is 10.1. The molecule has 2 aromatic rings. The Kier molecular flexibility index (Phi) is 4.13. The van der Waals surface area contributed by atoms with E-state index < -0.39 is 0 Å². The molecule has 0 atom stereocenters. The van der Waals surface area contributed by atoms with Gasteiger partial charge in [0.25, 0.3) is 0 Å². The van der Waals surface area contributed by atoms with Gasteiger partial charge in [0, 0.05) is 23.8 Å². The summed E-state index contributed by atoms with van der Waals surface area (Å²) in [5.41, 5.74) is 0.576. The molecule has 2 rings (SSSR count). The molecule has 0 bridgehead atoms. The van der Waals surface area contributed by atoms with Gasteiger partial charge < -0.3 is 9.47 Å². The molecule has 0 N–H and O–H groups in total. The third-order valence-corrected chi connectivity index (χ3v) is 2.78. The molecule has 0 saturated heterocycles. The van der Waals surface area contributed by atoms with E-state index in [9.17, 15) is 4.79 Å². The summed E-state index contributed by atoms with van der Waals surface area (Å²) in [4.78, 5) is 12.2. The molecule has 0 saturated carbocycles. The first kappa shape index (κ1) is 13.1. The van der Waals surface area contributed by atoms with Gasteiger partial charge in [-0.15, -0.1) is 0 Å². The first-order valence-electron chi connectivity index (χ1n) is 5.93. The number of ether oxygens (including phenoxy) is 2. The first-order chi connectivity index (χ1) is 9.22. The van der Waals surface area contributed by atoms with Crippen LogP contribution < -0.4 is 14.0 Å². The van der Waals surface area contributed by atoms with Gasteiger partial charge in [-0.25, -0.2) is 0 Å². The minimum absolute atomic E-state index is 0.00778. The van der Waals surface area contributed by atoms with Crippen molar-refractivity contribution in [1.82, 2.24) is 0 Å². The summed E-state index contributed by atoms with van der Waals surface area (Å²) in [7, 11) is 3.13. The fraction of sp³-hybridized carbons (Fsp3) is 0.200. The van der Waals surface area contributed by atoms with Gasteiger partial charge in [0.15, 0.2) is 12.4 Å². The maximum absolute atomic E-state index is 12.2. The van der Waals surface area contributed by atoms with Gasteiger partial charge in [-0.2, -0.15) is 4.57 Å². The molecule has 1 aromatic carbocycles. The lowest BCUT2D eigenvalue weighted by Crippen LogP contribution is -2.36. The Labute approximate surface area is 112 Å². The van der Waals surface area contributed by atoms with Crippen LogP contribution in [0, 0.1) is 0 Å². The second-order valence-corrected chi connectivity index (χ2v) is 4.07. The van der Waals surface area contributed by atoms with E-state index in [2.05, 4.69) is 0 Å². The van der Waals surface area contributed by atoms with Crippen LogP contribution in [0.5, 0.6) is 11.5 Å². The molecule has 0 radical (unpaired) electrons. The summed E-state index contributed by atoms with van der Waals surface area (Å²) in [6, 6.07) is 10.9. The number of carbonyl (C=O) groups excluding carboxylic acids is 1. The molecule has 4 nitrogen and oxygen atoms in total. The topological polar surface area (TPSA) is 39.4 Å². The second-order valence-electron chi connectivity index (χ2n) is 4.07. The monoisotopic (exact) mass is 258 g/mol. The maximum atomic E-state index is 12.2. The molecule has 1 heterocycles. The molecule has 0 amide bonds. The van der Waals surface area contributed by atoms with E-state index in [0.29, 0.717) is 17.1 Å². The number of methoxy groups -OCH3 is 2. The molecular formula is C15H16NO3+. The number of benzene rings is 1. The zero-order chi connectivity index (χ0) is 13.7. The fourth-order valence-electron chi connectivity index (χ4n) is 1.77. The number of ketones is 1. The lowest BCUT2D eigenvalue weighted by Gasteiger charge is -2.06. The Morgan fingerprint density at radius 3 is 2.11 bits per heavy atom. The van der Waals surface area contributed by atoms with E-state index in [1.54, 1.807) is 32.4 Å². The van der Waals surface area contributed by atoms with Crippen LogP contribution in [0.15, 0.2) is 48.8 Å². The molecule has 1 aromatic heterocycles. The van der Waals surface area contributed by atoms with Crippen LogP contribution in [0.3, 0.4) is 0 Å². The first-order valence-corrected chi connectivity index (χ1v) is 5.93. The Morgan fingerprint density at radius 2 is 1.58 bits per heavy atom. The average Bonchev–Trinajstić information content (AvgIpc) is 2.47. The predicted molar refractivity (Wildman–Crippen MR) is 70.5 cm³/mol. The van der Waals surface area contributed by atoms with E-state index >= 15 is 0 Å². The van der Waals surface area contributed by atoms with E-state index in [4.69, 9.17) is 9.47 Å². The number of pyridine rings is 1. The predicted octanol–water partition coefficient (Wildman–Crippen LogP) is 1.87. The summed E-state index contributed by atoms with van der Waals surface area (Å²) in [5, 5.41) is 0. The van der Waals surface area contributed by atoms with Gasteiger partial charge in [0.1, 0.15) is 11.5 Å². The number of rotatable bonds is 5. The van der Waals surface area contributed by atoms with Gasteiger partial charge in [-0.3, -0.25) is 4.79 Å². The van der Waals surface area contributed by atoms with Gasteiger partial charge in [-0.1, -0.05) is 6.07 Å². The van der Waals surface area contributed by atoms with E-state index in [0.717, 1.165) is 0 Å². The molecular weight excluding hydrogens is 242 g/mol. The van der Waals surface area contributed by atoms with Crippen molar-refractivity contribution in [3.8, 4) is 11.5 Å². The van der Waals surface area contributed by atoms with E-state index in [1.807, 2.05) is 35.2 Å². The van der Waals surface area contributed by atoms with Crippen molar-refractivity contribution in [1.29, 1.82) is 0 Å². The van der Waals surface area contributed by atoms with Crippen molar-refractivity contribution in [2.24, 2.45) is 0 Å². The molecule has 0 unspecified atom stereocenters. The van der Waals surface area contributed by atoms with Crippen molar-refractivity contribution < 1.29 is 18.8 Å². The second kappa shape index (κ2) is 6.00. The number of nitrogens with zero attached hydrogens (tertiary/aromatic N) is 1. The molecule has 0 aliphatic carbocycles. The largest absolute Gasteiger partial charge is 0.497 e. The third-order valence-electron chi connectivity index (χ3n) is 2.78. The molecule has 0 aliphatic rings. The number of carbonyl (C=O) groups is 1. The van der Waals surface area contributed by atoms with Crippen LogP contribution in [0.2, 0.25) is 0 Å². The zero-order valence-corrected chi connectivity index (χ0v) is 11.0. The average molecular weight is 258 g/mol. The van der Waals surface area contributed by atoms with Crippen LogP contribution in [-0.4, -0.2) is 20.0 Å². The van der Waals surface area contributed by atoms with Crippen molar-refractivity contribution in [3.05, 3.63) is 54.4 Å². The van der Waals surface area contributed by atoms with Crippen LogP contribution in [-0.2, 0) is 6.54 Å². The molecule has 19 heavy (non-hydrogen) atoms. The maximum Gasteiger partial charge on any atom is 0.227 e. The standard InChI is InChI=1S/C15H16NO3/c1-18-13-8-12(9-14(10-13)19-2)15(17)11-16-6-4-3-5-7-16/h3-10H,11H2,1-2H3/q+1. The SMILES string of the molecule is COc1cc(OC)cc(C(=O)C[n+]2ccccc2)c1. The summed E-state index contributed by atoms with van der Waals surface area (Å²) >= 11 is 0. The van der Waals surface area contributed by atoms with Gasteiger partial charge in [0.2, 0.25) is 12.3 Å². The molecule has 98 valence electrons. The number of Topliss-reactive ketones (excluding diaryl/α,β-unsaturated/α-hetero) is 1. The Bertz CT molecular complexity index is 545. The van der Waals surface area contributed by atoms with E-state index in [-0.39, 0.29) is 12.3 Å². The minimum atomic E-state index is 0.00778. The highest BCUT2D eigenvalue weighted by molar-refractivity contribution is 5.95. The highest BCUT2D eigenvalue weighted by atomic mass is 16.5. The Morgan fingerprint density at radius 1 is 1.00 bits per heavy atom. The lowest BCUT2D eigenvalue weighted by molar-refractivity contribution is -0.683. The highest BCUT2D eigenvalue weighted by Gasteiger charge is 2.14. The Hall–Kier alpha value is -2.36. The molecule has 0 spiro atoms. The van der Waals surface area contributed by atoms with Crippen LogP contribution in [0.4, 0.5) is 0 Å². The van der Waals surface area contributed by atoms with Crippen LogP contribution in [0.25, 0.3) is 0 Å². The number of hydrogen-bond donors (Lipinski definition) is 0. The van der Waals surface area contributed by atoms with Crippen molar-refractivity contribution in [2.75, 3.05) is 14.2 Å². The fourth-order valence-corrected chi connectivity index (χ4v) is 1.77. The van der Waals surface area contributed by atoms with E-state index in [1.165, 1.54) is 0 Å². The summed E-state index contributed by atoms with van der Waals surface area (Å²) < 4.78 is 12.1. The third kappa shape index (κ3) is 3.31. The highest BCUT2D eigenvalue weighted by Crippen LogP contribution is 2.22. The summed E-state index contributed by atoms with van der Waals surface area (Å²) in [6.07, 6.45) is 3.71. The van der Waals surface area contributed by atoms with Gasteiger partial charge in [-0.05, 0) is 12.1 Å². The van der Waals surface area contributed by atoms with Crippen LogP contribution >= 0.6 is 0 Å². The van der Waals surface area contributed by atoms with Crippen molar-refractivity contribution >= 4 is 5.78 Å². The minimum Gasteiger partial charge on any atom is -0.497 e. The quantitative estimate of drug-likeness (QED) is 0.607. The van der Waals surface area contributed by atoms with Crippen molar-refractivity contribution in [3.63, 3.8) is 0 Å². The van der Waals surface area contributed by atoms with Crippen molar-refractivity contribution in [2.45, 2.75) is 6.54 Å². The molecule has 0 aliphatic heterocycles. The smallest absolute Gasteiger partial charge is 0.227 e. The van der Waals surface area contributed by atoms with Gasteiger partial charge in [0.05, 0.1) is 14.2 Å². The normalized spacial score (nSPS) is 10.0.